The molecule has 0 saturated heterocycles. The number of aromatic nitrogens is 2. The van der Waals surface area contributed by atoms with Gasteiger partial charge in [-0.2, -0.15) is 0 Å². The first-order chi connectivity index (χ1) is 8.99. The summed E-state index contributed by atoms with van der Waals surface area (Å²) in [6.45, 7) is 0. The van der Waals surface area contributed by atoms with Crippen molar-refractivity contribution >= 4 is 23.4 Å². The van der Waals surface area contributed by atoms with E-state index >= 15 is 0 Å². The van der Waals surface area contributed by atoms with E-state index in [4.69, 9.17) is 11.6 Å². The van der Waals surface area contributed by atoms with Gasteiger partial charge in [0.2, 0.25) is 0 Å². The van der Waals surface area contributed by atoms with Gasteiger partial charge in [-0.15, -0.1) is 11.8 Å². The van der Waals surface area contributed by atoms with E-state index in [1.807, 2.05) is 24.3 Å². The largest absolute Gasteiger partial charge is 0.330 e. The molecular formula is C13H13ClN2O2S. The molecule has 100 valence electrons. The fourth-order valence-corrected chi connectivity index (χ4v) is 2.65. The van der Waals surface area contributed by atoms with Gasteiger partial charge in [-0.1, -0.05) is 11.6 Å². The summed E-state index contributed by atoms with van der Waals surface area (Å²) in [5, 5.41) is 0.685. The quantitative estimate of drug-likeness (QED) is 0.814. The summed E-state index contributed by atoms with van der Waals surface area (Å²) in [7, 11) is 3.14. The maximum absolute atomic E-state index is 11.8. The molecule has 1 aromatic carbocycles. The van der Waals surface area contributed by atoms with Crippen molar-refractivity contribution < 1.29 is 0 Å². The van der Waals surface area contributed by atoms with Crippen LogP contribution in [0.1, 0.15) is 5.69 Å². The predicted octanol–water partition coefficient (Wildman–Crippen LogP) is 2.03. The third-order valence-corrected chi connectivity index (χ3v) is 4.12. The van der Waals surface area contributed by atoms with Gasteiger partial charge in [0.25, 0.3) is 5.56 Å². The molecule has 0 amide bonds. The SMILES string of the molecule is Cn1c(CSc2ccc(Cl)cc2)cc(=O)n(C)c1=O. The van der Waals surface area contributed by atoms with E-state index in [0.29, 0.717) is 16.5 Å². The van der Waals surface area contributed by atoms with Crippen LogP contribution in [0.25, 0.3) is 0 Å². The summed E-state index contributed by atoms with van der Waals surface area (Å²) in [4.78, 5) is 24.4. The van der Waals surface area contributed by atoms with Gasteiger partial charge in [0, 0.05) is 41.5 Å². The van der Waals surface area contributed by atoms with Crippen LogP contribution in [-0.2, 0) is 19.8 Å². The smallest absolute Gasteiger partial charge is 0.300 e. The molecule has 0 fully saturated rings. The number of halogens is 1. The Morgan fingerprint density at radius 3 is 2.37 bits per heavy atom. The lowest BCUT2D eigenvalue weighted by Gasteiger charge is -2.09. The van der Waals surface area contributed by atoms with E-state index in [-0.39, 0.29) is 11.2 Å². The van der Waals surface area contributed by atoms with Gasteiger partial charge < -0.3 is 0 Å². The highest BCUT2D eigenvalue weighted by Gasteiger charge is 2.06. The average Bonchev–Trinajstić information content (AvgIpc) is 2.41. The van der Waals surface area contributed by atoms with Crippen LogP contribution in [0.2, 0.25) is 5.02 Å². The molecule has 2 rings (SSSR count). The normalized spacial score (nSPS) is 10.7. The second-order valence-corrected chi connectivity index (χ2v) is 5.60. The Balaban J connectivity index is 2.23. The summed E-state index contributed by atoms with van der Waals surface area (Å²) >= 11 is 7.37. The van der Waals surface area contributed by atoms with E-state index < -0.39 is 0 Å². The minimum absolute atomic E-state index is 0.283. The average molecular weight is 297 g/mol. The maximum atomic E-state index is 11.8. The number of rotatable bonds is 3. The molecule has 0 atom stereocenters. The molecule has 0 N–H and O–H groups in total. The van der Waals surface area contributed by atoms with Crippen LogP contribution in [0, 0.1) is 0 Å². The fourth-order valence-electron chi connectivity index (χ4n) is 1.60. The molecule has 0 unspecified atom stereocenters. The van der Waals surface area contributed by atoms with Gasteiger partial charge in [0.1, 0.15) is 0 Å². The van der Waals surface area contributed by atoms with Crippen molar-refractivity contribution in [1.82, 2.24) is 9.13 Å². The Labute approximate surface area is 119 Å². The van der Waals surface area contributed by atoms with Crippen LogP contribution in [0.3, 0.4) is 0 Å². The van der Waals surface area contributed by atoms with Crippen molar-refractivity contribution in [2.24, 2.45) is 14.1 Å². The second-order valence-electron chi connectivity index (χ2n) is 4.12. The summed E-state index contributed by atoms with van der Waals surface area (Å²) in [5.74, 6) is 0.559. The number of benzene rings is 1. The lowest BCUT2D eigenvalue weighted by atomic mass is 10.4. The molecule has 2 aromatic rings. The van der Waals surface area contributed by atoms with Gasteiger partial charge in [-0.3, -0.25) is 13.9 Å². The third-order valence-electron chi connectivity index (χ3n) is 2.83. The van der Waals surface area contributed by atoms with Crippen molar-refractivity contribution in [3.63, 3.8) is 0 Å². The zero-order valence-corrected chi connectivity index (χ0v) is 12.2. The van der Waals surface area contributed by atoms with Crippen LogP contribution in [0.4, 0.5) is 0 Å². The minimum Gasteiger partial charge on any atom is -0.300 e. The van der Waals surface area contributed by atoms with Crippen LogP contribution < -0.4 is 11.2 Å². The number of nitrogens with zero attached hydrogens (tertiary/aromatic N) is 2. The molecule has 0 aliphatic rings. The molecule has 0 saturated carbocycles. The highest BCUT2D eigenvalue weighted by atomic mass is 35.5. The van der Waals surface area contributed by atoms with E-state index in [9.17, 15) is 9.59 Å². The van der Waals surface area contributed by atoms with E-state index in [1.165, 1.54) is 17.7 Å². The predicted molar refractivity (Wildman–Crippen MR) is 77.9 cm³/mol. The Morgan fingerprint density at radius 1 is 1.11 bits per heavy atom. The van der Waals surface area contributed by atoms with Crippen molar-refractivity contribution in [3.05, 3.63) is 61.9 Å². The van der Waals surface area contributed by atoms with Gasteiger partial charge in [0.05, 0.1) is 0 Å². The van der Waals surface area contributed by atoms with Crippen molar-refractivity contribution in [3.8, 4) is 0 Å². The molecule has 1 aromatic heterocycles. The van der Waals surface area contributed by atoms with Crippen LogP contribution in [-0.4, -0.2) is 9.13 Å². The van der Waals surface area contributed by atoms with Crippen LogP contribution >= 0.6 is 23.4 Å². The molecule has 19 heavy (non-hydrogen) atoms. The Bertz CT molecular complexity index is 704. The molecular weight excluding hydrogens is 284 g/mol. The van der Waals surface area contributed by atoms with Gasteiger partial charge in [-0.05, 0) is 24.3 Å². The number of hydrogen-bond donors (Lipinski definition) is 0. The lowest BCUT2D eigenvalue weighted by molar-refractivity contribution is 0.665. The first-order valence-electron chi connectivity index (χ1n) is 5.63. The lowest BCUT2D eigenvalue weighted by Crippen LogP contribution is -2.37. The van der Waals surface area contributed by atoms with E-state index in [0.717, 1.165) is 9.46 Å². The molecule has 0 radical (unpaired) electrons. The van der Waals surface area contributed by atoms with E-state index in [2.05, 4.69) is 0 Å². The topological polar surface area (TPSA) is 44.0 Å². The number of hydrogen-bond acceptors (Lipinski definition) is 3. The fraction of sp³-hybridized carbons (Fsp3) is 0.231. The van der Waals surface area contributed by atoms with Gasteiger partial charge in [-0.25, -0.2) is 4.79 Å². The number of thioether (sulfide) groups is 1. The van der Waals surface area contributed by atoms with Crippen LogP contribution in [0.5, 0.6) is 0 Å². The standard InChI is InChI=1S/C13H13ClN2O2S/c1-15-10(7-12(17)16(2)13(15)18)8-19-11-5-3-9(14)4-6-11/h3-7H,8H2,1-2H3. The molecule has 4 nitrogen and oxygen atoms in total. The maximum Gasteiger partial charge on any atom is 0.330 e. The van der Waals surface area contributed by atoms with E-state index in [1.54, 1.807) is 18.8 Å². The Kier molecular flexibility index (Phi) is 4.17. The minimum atomic E-state index is -0.306. The monoisotopic (exact) mass is 296 g/mol. The summed E-state index contributed by atoms with van der Waals surface area (Å²) < 4.78 is 2.58. The second kappa shape index (κ2) is 5.67. The van der Waals surface area contributed by atoms with Crippen molar-refractivity contribution in [1.29, 1.82) is 0 Å². The Hall–Kier alpha value is -1.46. The third kappa shape index (κ3) is 3.11. The molecule has 0 bridgehead atoms. The molecule has 6 heteroatoms. The van der Waals surface area contributed by atoms with Gasteiger partial charge >= 0.3 is 5.69 Å². The van der Waals surface area contributed by atoms with Crippen molar-refractivity contribution in [2.75, 3.05) is 0 Å². The zero-order chi connectivity index (χ0) is 14.0. The summed E-state index contributed by atoms with van der Waals surface area (Å²) in [5.41, 5.74) is 0.113. The highest BCUT2D eigenvalue weighted by Crippen LogP contribution is 2.23. The van der Waals surface area contributed by atoms with Crippen LogP contribution in [0.15, 0.2) is 44.8 Å². The Morgan fingerprint density at radius 2 is 1.74 bits per heavy atom. The van der Waals surface area contributed by atoms with Crippen molar-refractivity contribution in [2.45, 2.75) is 10.6 Å². The zero-order valence-electron chi connectivity index (χ0n) is 10.6. The first kappa shape index (κ1) is 14.0. The summed E-state index contributed by atoms with van der Waals surface area (Å²) in [6.07, 6.45) is 0. The van der Waals surface area contributed by atoms with Gasteiger partial charge in [0.15, 0.2) is 0 Å². The molecule has 1 heterocycles. The summed E-state index contributed by atoms with van der Waals surface area (Å²) in [6, 6.07) is 8.93. The highest BCUT2D eigenvalue weighted by molar-refractivity contribution is 7.98. The first-order valence-corrected chi connectivity index (χ1v) is 6.99. The molecule has 0 aliphatic carbocycles. The molecule has 0 spiro atoms. The molecule has 0 aliphatic heterocycles.